The molecule has 2 aromatic heterocycles. The maximum atomic E-state index is 13.9. The lowest BCUT2D eigenvalue weighted by molar-refractivity contribution is -0.143. The van der Waals surface area contributed by atoms with Crippen LogP contribution in [0.15, 0.2) is 65.1 Å². The van der Waals surface area contributed by atoms with Crippen LogP contribution in [0.4, 0.5) is 4.39 Å². The predicted octanol–water partition coefficient (Wildman–Crippen LogP) is 5.25. The molecule has 0 bridgehead atoms. The van der Waals surface area contributed by atoms with E-state index in [4.69, 9.17) is 16.0 Å². The highest BCUT2D eigenvalue weighted by molar-refractivity contribution is 6.31. The molecule has 0 spiro atoms. The normalized spacial score (nSPS) is 14.6. The number of carbonyl (C=O) groups excluding carboxylic acids is 2. The van der Waals surface area contributed by atoms with Crippen LogP contribution in [0.25, 0.3) is 11.4 Å². The molecule has 0 aliphatic heterocycles. The lowest BCUT2D eigenvalue weighted by atomic mass is 9.95. The maximum absolute atomic E-state index is 13.9. The van der Waals surface area contributed by atoms with Crippen LogP contribution in [0.1, 0.15) is 55.2 Å². The van der Waals surface area contributed by atoms with Crippen molar-refractivity contribution in [2.75, 3.05) is 0 Å². The van der Waals surface area contributed by atoms with Crippen LogP contribution >= 0.6 is 11.6 Å². The fourth-order valence-corrected chi connectivity index (χ4v) is 5.12. The van der Waals surface area contributed by atoms with E-state index in [0.29, 0.717) is 27.7 Å². The Hall–Kier alpha value is -4.05. The minimum atomic E-state index is -1.04. The number of aryl methyl sites for hydroxylation is 1. The van der Waals surface area contributed by atoms with Crippen LogP contribution in [-0.2, 0) is 22.7 Å². The fraction of sp³-hybridized carbons (Fsp3) is 0.345. The molecule has 0 unspecified atom stereocenters. The Bertz CT molecular complexity index is 1460. The molecule has 0 saturated heterocycles. The van der Waals surface area contributed by atoms with Crippen LogP contribution in [0.3, 0.4) is 0 Å². The highest BCUT2D eigenvalue weighted by Crippen LogP contribution is 2.29. The summed E-state index contributed by atoms with van der Waals surface area (Å²) < 4.78 is 19.3. The largest absolute Gasteiger partial charge is 0.464 e. The summed E-state index contributed by atoms with van der Waals surface area (Å²) >= 11 is 6.48. The van der Waals surface area contributed by atoms with E-state index in [1.54, 1.807) is 31.2 Å². The van der Waals surface area contributed by atoms with Gasteiger partial charge in [0.05, 0.1) is 0 Å². The number of benzene rings is 2. The summed E-state index contributed by atoms with van der Waals surface area (Å²) in [6, 6.07) is 15.3. The third-order valence-corrected chi connectivity index (χ3v) is 7.36. The van der Waals surface area contributed by atoms with E-state index >= 15 is 0 Å². The van der Waals surface area contributed by atoms with E-state index < -0.39 is 11.9 Å². The Morgan fingerprint density at radius 2 is 1.85 bits per heavy atom. The highest BCUT2D eigenvalue weighted by Gasteiger charge is 2.36. The van der Waals surface area contributed by atoms with Crippen molar-refractivity contribution >= 4 is 23.4 Å². The molecule has 1 aliphatic rings. The molecule has 5 rings (SSSR count). The minimum absolute atomic E-state index is 0.0346. The number of hydrogen-bond donors (Lipinski definition) is 1. The highest BCUT2D eigenvalue weighted by atomic mass is 35.5. The van der Waals surface area contributed by atoms with Crippen LogP contribution < -0.4 is 5.32 Å². The number of rotatable bonds is 9. The van der Waals surface area contributed by atoms with E-state index in [-0.39, 0.29) is 36.7 Å². The van der Waals surface area contributed by atoms with Gasteiger partial charge in [0.1, 0.15) is 23.9 Å². The molecule has 1 aliphatic carbocycles. The SMILES string of the molecule is Cc1ccc([C@@H](C(=O)NC2CCCCC2)N(Cc2ccccc2Cl)C(=O)Cn2nnc(-c3ccc(F)cc3)n2)o1. The Labute approximate surface area is 236 Å². The summed E-state index contributed by atoms with van der Waals surface area (Å²) in [6.45, 7) is 1.56. The van der Waals surface area contributed by atoms with Gasteiger partial charge in [-0.05, 0) is 73.0 Å². The number of nitrogens with zero attached hydrogens (tertiary/aromatic N) is 5. The molecule has 0 radical (unpaired) electrons. The van der Waals surface area contributed by atoms with Crippen molar-refractivity contribution in [1.29, 1.82) is 0 Å². The van der Waals surface area contributed by atoms with Crippen molar-refractivity contribution in [2.45, 2.75) is 64.2 Å². The molecular weight excluding hydrogens is 535 g/mol. The van der Waals surface area contributed by atoms with Gasteiger partial charge < -0.3 is 14.6 Å². The molecule has 1 fully saturated rings. The average molecular weight is 565 g/mol. The maximum Gasteiger partial charge on any atom is 0.250 e. The Morgan fingerprint density at radius 1 is 1.10 bits per heavy atom. The molecule has 2 aromatic carbocycles. The van der Waals surface area contributed by atoms with Crippen LogP contribution in [0.2, 0.25) is 5.02 Å². The molecule has 4 aromatic rings. The summed E-state index contributed by atoms with van der Waals surface area (Å²) in [6.07, 6.45) is 5.03. The quantitative estimate of drug-likeness (QED) is 0.297. The number of tetrazole rings is 1. The van der Waals surface area contributed by atoms with Crippen LogP contribution in [0.5, 0.6) is 0 Å². The first-order valence-electron chi connectivity index (χ1n) is 13.3. The second-order valence-electron chi connectivity index (χ2n) is 9.96. The van der Waals surface area contributed by atoms with Crippen molar-refractivity contribution in [1.82, 2.24) is 30.4 Å². The van der Waals surface area contributed by atoms with E-state index in [0.717, 1.165) is 36.9 Å². The lowest BCUT2D eigenvalue weighted by Gasteiger charge is -2.32. The first-order chi connectivity index (χ1) is 19.4. The number of amides is 2. The minimum Gasteiger partial charge on any atom is -0.464 e. The number of furan rings is 1. The zero-order valence-electron chi connectivity index (χ0n) is 22.1. The number of carbonyl (C=O) groups is 2. The molecule has 1 atom stereocenters. The van der Waals surface area contributed by atoms with Gasteiger partial charge in [0.15, 0.2) is 6.04 Å². The van der Waals surface area contributed by atoms with Gasteiger partial charge in [-0.1, -0.05) is 49.1 Å². The second kappa shape index (κ2) is 12.4. The Morgan fingerprint density at radius 3 is 2.55 bits per heavy atom. The Kier molecular flexibility index (Phi) is 8.54. The number of halogens is 2. The standard InChI is InChI=1S/C29H30ClFN6O3/c1-19-11-16-25(40-19)27(29(39)32-23-8-3-2-4-9-23)36(17-21-7-5-6-10-24(21)30)26(38)18-37-34-28(33-35-37)20-12-14-22(31)15-13-20/h5-7,10-16,23,27H,2-4,8-9,17-18H2,1H3,(H,32,39)/t27-/m0/s1. The molecule has 208 valence electrons. The third-order valence-electron chi connectivity index (χ3n) is 6.99. The summed E-state index contributed by atoms with van der Waals surface area (Å²) in [4.78, 5) is 30.4. The van der Waals surface area contributed by atoms with Gasteiger partial charge in [-0.2, -0.15) is 4.80 Å². The van der Waals surface area contributed by atoms with Crippen LogP contribution in [0, 0.1) is 12.7 Å². The molecule has 11 heteroatoms. The van der Waals surface area contributed by atoms with Gasteiger partial charge in [-0.25, -0.2) is 4.39 Å². The first kappa shape index (κ1) is 27.5. The van der Waals surface area contributed by atoms with E-state index in [2.05, 4.69) is 20.7 Å². The molecular formula is C29H30ClFN6O3. The van der Waals surface area contributed by atoms with Gasteiger partial charge >= 0.3 is 0 Å². The summed E-state index contributed by atoms with van der Waals surface area (Å²) in [5.41, 5.74) is 1.23. The average Bonchev–Trinajstić information content (AvgIpc) is 3.59. The molecule has 2 heterocycles. The third kappa shape index (κ3) is 6.56. The van der Waals surface area contributed by atoms with Crippen LogP contribution in [-0.4, -0.2) is 43.0 Å². The van der Waals surface area contributed by atoms with Crippen molar-refractivity contribution in [2.24, 2.45) is 0 Å². The topological polar surface area (TPSA) is 106 Å². The second-order valence-corrected chi connectivity index (χ2v) is 10.4. The van der Waals surface area contributed by atoms with Gasteiger partial charge in [0.2, 0.25) is 11.7 Å². The van der Waals surface area contributed by atoms with Crippen molar-refractivity contribution in [3.63, 3.8) is 0 Å². The molecule has 1 N–H and O–H groups in total. The fourth-order valence-electron chi connectivity index (χ4n) is 4.92. The first-order valence-corrected chi connectivity index (χ1v) is 13.7. The summed E-state index contributed by atoms with van der Waals surface area (Å²) in [5, 5.41) is 16.0. The van der Waals surface area contributed by atoms with Gasteiger partial charge in [-0.3, -0.25) is 9.59 Å². The van der Waals surface area contributed by atoms with Crippen molar-refractivity contribution in [3.05, 3.63) is 88.6 Å². The zero-order valence-corrected chi connectivity index (χ0v) is 22.9. The monoisotopic (exact) mass is 564 g/mol. The van der Waals surface area contributed by atoms with Gasteiger partial charge in [0.25, 0.3) is 5.91 Å². The molecule has 40 heavy (non-hydrogen) atoms. The van der Waals surface area contributed by atoms with Crippen molar-refractivity contribution in [3.8, 4) is 11.4 Å². The molecule has 2 amide bonds. The smallest absolute Gasteiger partial charge is 0.250 e. The molecule has 1 saturated carbocycles. The zero-order chi connectivity index (χ0) is 28.1. The van der Waals surface area contributed by atoms with E-state index in [1.807, 2.05) is 12.1 Å². The van der Waals surface area contributed by atoms with E-state index in [9.17, 15) is 14.0 Å². The number of nitrogens with one attached hydrogen (secondary N) is 1. The number of aromatic nitrogens is 4. The van der Waals surface area contributed by atoms with E-state index in [1.165, 1.54) is 29.2 Å². The van der Waals surface area contributed by atoms with Gasteiger partial charge in [0, 0.05) is 23.2 Å². The predicted molar refractivity (Wildman–Crippen MR) is 146 cm³/mol. The van der Waals surface area contributed by atoms with Gasteiger partial charge in [-0.15, -0.1) is 10.2 Å². The summed E-state index contributed by atoms with van der Waals surface area (Å²) in [5.74, 6) is 0.0919. The van der Waals surface area contributed by atoms with Crippen molar-refractivity contribution < 1.29 is 18.4 Å². The lowest BCUT2D eigenvalue weighted by Crippen LogP contribution is -2.47. The number of hydrogen-bond acceptors (Lipinski definition) is 6. The summed E-state index contributed by atoms with van der Waals surface area (Å²) in [7, 11) is 0. The Balaban J connectivity index is 1.46. The molecule has 9 nitrogen and oxygen atoms in total.